The number of carbonyl (C=O) groups is 2. The minimum absolute atomic E-state index is 0.0266. The number of nitrogens with one attached hydrogen (secondary N) is 2. The minimum atomic E-state index is -0.510. The van der Waals surface area contributed by atoms with Gasteiger partial charge < -0.3 is 10.6 Å². The van der Waals surface area contributed by atoms with Crippen LogP contribution < -0.4 is 10.6 Å². The molecule has 2 N–H and O–H groups in total. The first-order valence-electron chi connectivity index (χ1n) is 11.2. The lowest BCUT2D eigenvalue weighted by atomic mass is 9.49. The van der Waals surface area contributed by atoms with E-state index >= 15 is 0 Å². The maximum absolute atomic E-state index is 13.3. The maximum atomic E-state index is 13.3. The number of rotatable bonds is 7. The molecule has 0 aliphatic heterocycles. The van der Waals surface area contributed by atoms with E-state index in [-0.39, 0.29) is 29.0 Å². The van der Waals surface area contributed by atoms with Gasteiger partial charge in [0.15, 0.2) is 0 Å². The quantitative estimate of drug-likeness (QED) is 0.731. The van der Waals surface area contributed by atoms with E-state index < -0.39 is 6.04 Å². The van der Waals surface area contributed by atoms with Gasteiger partial charge in [0, 0.05) is 12.0 Å². The van der Waals surface area contributed by atoms with Crippen molar-refractivity contribution in [1.82, 2.24) is 10.6 Å². The fourth-order valence-electron chi connectivity index (χ4n) is 6.31. The third-order valence-electron chi connectivity index (χ3n) is 7.38. The summed E-state index contributed by atoms with van der Waals surface area (Å²) in [7, 11) is 0. The topological polar surface area (TPSA) is 58.2 Å². The molecule has 158 valence electrons. The van der Waals surface area contributed by atoms with Gasteiger partial charge in [-0.1, -0.05) is 26.0 Å². The normalized spacial score (nSPS) is 31.0. The van der Waals surface area contributed by atoms with Crippen molar-refractivity contribution in [2.45, 2.75) is 64.8 Å². The molecule has 0 aromatic heterocycles. The molecule has 0 heterocycles. The first-order valence-corrected chi connectivity index (χ1v) is 11.2. The summed E-state index contributed by atoms with van der Waals surface area (Å²) in [6.45, 7) is 4.43. The van der Waals surface area contributed by atoms with Crippen molar-refractivity contribution in [3.8, 4) is 0 Å². The highest BCUT2D eigenvalue weighted by atomic mass is 19.1. The van der Waals surface area contributed by atoms with Crippen molar-refractivity contribution in [2.24, 2.45) is 29.1 Å². The molecule has 1 aromatic carbocycles. The van der Waals surface area contributed by atoms with Crippen LogP contribution in [0.4, 0.5) is 4.39 Å². The Morgan fingerprint density at radius 3 is 2.10 bits per heavy atom. The van der Waals surface area contributed by atoms with Crippen molar-refractivity contribution in [1.29, 1.82) is 0 Å². The first kappa shape index (κ1) is 20.4. The monoisotopic (exact) mass is 400 g/mol. The zero-order valence-corrected chi connectivity index (χ0v) is 17.5. The van der Waals surface area contributed by atoms with Crippen LogP contribution in [0.1, 0.15) is 57.9 Å². The Hall–Kier alpha value is -1.91. The van der Waals surface area contributed by atoms with Crippen LogP contribution in [-0.4, -0.2) is 24.4 Å². The number of benzene rings is 1. The van der Waals surface area contributed by atoms with Gasteiger partial charge in [-0.15, -0.1) is 0 Å². The van der Waals surface area contributed by atoms with E-state index in [1.807, 2.05) is 13.8 Å². The first-order chi connectivity index (χ1) is 13.8. The zero-order valence-electron chi connectivity index (χ0n) is 17.5. The molecule has 5 rings (SSSR count). The smallest absolute Gasteiger partial charge is 0.242 e. The summed E-state index contributed by atoms with van der Waals surface area (Å²) >= 11 is 0. The molecular formula is C24H33FN2O2. The maximum Gasteiger partial charge on any atom is 0.242 e. The fourth-order valence-corrected chi connectivity index (χ4v) is 6.31. The van der Waals surface area contributed by atoms with Crippen LogP contribution in [0, 0.1) is 34.9 Å². The largest absolute Gasteiger partial charge is 0.354 e. The van der Waals surface area contributed by atoms with Crippen molar-refractivity contribution in [2.75, 3.05) is 6.54 Å². The minimum Gasteiger partial charge on any atom is -0.354 e. The van der Waals surface area contributed by atoms with Crippen LogP contribution in [0.15, 0.2) is 24.3 Å². The third-order valence-corrected chi connectivity index (χ3v) is 7.38. The Bertz CT molecular complexity index is 723. The van der Waals surface area contributed by atoms with Gasteiger partial charge in [0.1, 0.15) is 11.9 Å². The number of hydrogen-bond acceptors (Lipinski definition) is 2. The Balaban J connectivity index is 1.34. The number of hydrogen-bond donors (Lipinski definition) is 2. The molecule has 0 saturated heterocycles. The lowest BCUT2D eigenvalue weighted by Crippen LogP contribution is -2.58. The second kappa shape index (κ2) is 8.08. The van der Waals surface area contributed by atoms with E-state index in [1.165, 1.54) is 31.4 Å². The molecule has 4 aliphatic rings. The molecule has 4 bridgehead atoms. The Morgan fingerprint density at radius 1 is 1.03 bits per heavy atom. The van der Waals surface area contributed by atoms with Gasteiger partial charge in [-0.05, 0) is 86.3 Å². The number of amides is 2. The SMILES string of the molecule is CC(C)C(NC(=O)C12CC3CC(CC(C3)C1)C2)C(=O)NCCc1ccc(F)cc1. The Kier molecular flexibility index (Phi) is 5.67. The molecule has 1 aromatic rings. The Morgan fingerprint density at radius 2 is 1.59 bits per heavy atom. The molecule has 0 spiro atoms. The molecule has 1 unspecified atom stereocenters. The van der Waals surface area contributed by atoms with E-state index in [0.29, 0.717) is 30.7 Å². The predicted octanol–water partition coefficient (Wildman–Crippen LogP) is 3.84. The van der Waals surface area contributed by atoms with E-state index in [1.54, 1.807) is 12.1 Å². The summed E-state index contributed by atoms with van der Waals surface area (Å²) in [5, 5.41) is 6.09. The molecule has 4 saturated carbocycles. The second-order valence-electron chi connectivity index (χ2n) is 10.1. The highest BCUT2D eigenvalue weighted by Gasteiger charge is 2.55. The second-order valence-corrected chi connectivity index (χ2v) is 10.1. The zero-order chi connectivity index (χ0) is 20.6. The van der Waals surface area contributed by atoms with Crippen molar-refractivity contribution < 1.29 is 14.0 Å². The molecule has 2 amide bonds. The van der Waals surface area contributed by atoms with Crippen LogP contribution in [0.3, 0.4) is 0 Å². The molecule has 29 heavy (non-hydrogen) atoms. The molecule has 4 fully saturated rings. The summed E-state index contributed by atoms with van der Waals surface area (Å²) < 4.78 is 13.0. The average molecular weight is 401 g/mol. The summed E-state index contributed by atoms with van der Waals surface area (Å²) in [6.07, 6.45) is 7.53. The van der Waals surface area contributed by atoms with Gasteiger partial charge in [0.05, 0.1) is 0 Å². The molecular weight excluding hydrogens is 367 g/mol. The molecule has 1 atom stereocenters. The summed E-state index contributed by atoms with van der Waals surface area (Å²) in [6, 6.07) is 5.81. The van der Waals surface area contributed by atoms with E-state index in [0.717, 1.165) is 24.8 Å². The molecule has 5 heteroatoms. The highest BCUT2D eigenvalue weighted by Crippen LogP contribution is 2.60. The predicted molar refractivity (Wildman–Crippen MR) is 110 cm³/mol. The van der Waals surface area contributed by atoms with Gasteiger partial charge in [-0.2, -0.15) is 0 Å². The summed E-state index contributed by atoms with van der Waals surface area (Å²) in [5.41, 5.74) is 0.737. The van der Waals surface area contributed by atoms with Crippen LogP contribution in [-0.2, 0) is 16.0 Å². The Labute approximate surface area is 173 Å². The van der Waals surface area contributed by atoms with E-state index in [4.69, 9.17) is 0 Å². The van der Waals surface area contributed by atoms with Gasteiger partial charge in [0.25, 0.3) is 0 Å². The van der Waals surface area contributed by atoms with E-state index in [9.17, 15) is 14.0 Å². The van der Waals surface area contributed by atoms with Crippen LogP contribution in [0.2, 0.25) is 0 Å². The van der Waals surface area contributed by atoms with Crippen LogP contribution >= 0.6 is 0 Å². The molecule has 0 radical (unpaired) electrons. The summed E-state index contributed by atoms with van der Waals surface area (Å²) in [5.74, 6) is 1.85. The summed E-state index contributed by atoms with van der Waals surface area (Å²) in [4.78, 5) is 26.1. The number of carbonyl (C=O) groups excluding carboxylic acids is 2. The van der Waals surface area contributed by atoms with Gasteiger partial charge in [-0.3, -0.25) is 9.59 Å². The number of halogens is 1. The van der Waals surface area contributed by atoms with Gasteiger partial charge in [0.2, 0.25) is 11.8 Å². The van der Waals surface area contributed by atoms with E-state index in [2.05, 4.69) is 10.6 Å². The average Bonchev–Trinajstić information content (AvgIpc) is 2.66. The molecule has 4 aliphatic carbocycles. The lowest BCUT2D eigenvalue weighted by Gasteiger charge is -2.55. The fraction of sp³-hybridized carbons (Fsp3) is 0.667. The molecule has 4 nitrogen and oxygen atoms in total. The van der Waals surface area contributed by atoms with Gasteiger partial charge in [-0.25, -0.2) is 4.39 Å². The standard InChI is InChI=1S/C24H33FN2O2/c1-15(2)21(22(28)26-8-7-16-3-5-20(25)6-4-16)27-23(29)24-12-17-9-18(13-24)11-19(10-17)14-24/h3-6,15,17-19,21H,7-14H2,1-2H3,(H,26,28)(H,27,29). The van der Waals surface area contributed by atoms with Crippen molar-refractivity contribution >= 4 is 11.8 Å². The van der Waals surface area contributed by atoms with Crippen molar-refractivity contribution in [3.05, 3.63) is 35.6 Å². The van der Waals surface area contributed by atoms with Gasteiger partial charge >= 0.3 is 0 Å². The van der Waals surface area contributed by atoms with Crippen LogP contribution in [0.25, 0.3) is 0 Å². The van der Waals surface area contributed by atoms with Crippen LogP contribution in [0.5, 0.6) is 0 Å². The lowest BCUT2D eigenvalue weighted by molar-refractivity contribution is -0.149. The third kappa shape index (κ3) is 4.34. The highest BCUT2D eigenvalue weighted by molar-refractivity contribution is 5.90. The van der Waals surface area contributed by atoms with Crippen molar-refractivity contribution in [3.63, 3.8) is 0 Å².